The second-order valence-corrected chi connectivity index (χ2v) is 5.35. The molecule has 3 atom stereocenters. The number of nitrogens with two attached hydrogens (primary N) is 1. The van der Waals surface area contributed by atoms with Gasteiger partial charge in [0.25, 0.3) is 0 Å². The molecule has 0 aromatic heterocycles. The summed E-state index contributed by atoms with van der Waals surface area (Å²) in [5.41, 5.74) is 2.92. The molecule has 106 valence electrons. The van der Waals surface area contributed by atoms with Crippen molar-refractivity contribution in [2.75, 3.05) is 33.0 Å². The average Bonchev–Trinajstić information content (AvgIpc) is 2.83. The minimum atomic E-state index is -0.0381. The summed E-state index contributed by atoms with van der Waals surface area (Å²) in [5.74, 6) is 6.26. The topological polar surface area (TPSA) is 65.7 Å². The largest absolute Gasteiger partial charge is 0.382 e. The van der Waals surface area contributed by atoms with Gasteiger partial charge in [0.2, 0.25) is 0 Å². The molecule has 0 saturated carbocycles. The molecule has 2 aliphatic heterocycles. The number of hydrogen-bond donors (Lipinski definition) is 2. The summed E-state index contributed by atoms with van der Waals surface area (Å²) in [5, 5.41) is 0. The normalized spacial score (nSPS) is 34.0. The summed E-state index contributed by atoms with van der Waals surface area (Å²) in [4.78, 5) is 0. The smallest absolute Gasteiger partial charge is 0.0939 e. The summed E-state index contributed by atoms with van der Waals surface area (Å²) in [7, 11) is 0. The Kier molecular flexibility index (Phi) is 5.38. The summed E-state index contributed by atoms with van der Waals surface area (Å²) in [6.07, 6.45) is 4.11. The van der Waals surface area contributed by atoms with Gasteiger partial charge in [-0.1, -0.05) is 0 Å². The van der Waals surface area contributed by atoms with Crippen molar-refractivity contribution in [3.63, 3.8) is 0 Å². The molecule has 0 aliphatic carbocycles. The molecule has 5 heteroatoms. The van der Waals surface area contributed by atoms with Gasteiger partial charge < -0.3 is 14.2 Å². The van der Waals surface area contributed by atoms with Gasteiger partial charge in [-0.2, -0.15) is 0 Å². The number of hydrogen-bond acceptors (Lipinski definition) is 5. The lowest BCUT2D eigenvalue weighted by Gasteiger charge is -2.40. The van der Waals surface area contributed by atoms with Gasteiger partial charge in [-0.15, -0.1) is 0 Å². The molecule has 0 amide bonds. The zero-order valence-electron chi connectivity index (χ0n) is 11.3. The van der Waals surface area contributed by atoms with Gasteiger partial charge in [-0.3, -0.25) is 11.3 Å². The van der Waals surface area contributed by atoms with E-state index in [1.54, 1.807) is 0 Å². The van der Waals surface area contributed by atoms with E-state index in [0.717, 1.165) is 58.7 Å². The Morgan fingerprint density at radius 3 is 3.06 bits per heavy atom. The molecule has 0 radical (unpaired) electrons. The highest BCUT2D eigenvalue weighted by Gasteiger charge is 2.42. The first-order chi connectivity index (χ1) is 8.79. The van der Waals surface area contributed by atoms with Crippen LogP contribution >= 0.6 is 0 Å². The highest BCUT2D eigenvalue weighted by Crippen LogP contribution is 2.37. The van der Waals surface area contributed by atoms with Crippen LogP contribution in [0.4, 0.5) is 0 Å². The van der Waals surface area contributed by atoms with Crippen LogP contribution < -0.4 is 11.3 Å². The van der Waals surface area contributed by atoms with Crippen LogP contribution in [0.2, 0.25) is 0 Å². The van der Waals surface area contributed by atoms with Gasteiger partial charge in [0.15, 0.2) is 0 Å². The van der Waals surface area contributed by atoms with Crippen molar-refractivity contribution in [2.24, 2.45) is 11.8 Å². The van der Waals surface area contributed by atoms with E-state index >= 15 is 0 Å². The fourth-order valence-electron chi connectivity index (χ4n) is 3.08. The number of ether oxygens (including phenoxy) is 3. The lowest BCUT2D eigenvalue weighted by molar-refractivity contribution is -0.104. The maximum atomic E-state index is 5.95. The molecule has 2 heterocycles. The molecule has 0 bridgehead atoms. The SMILES string of the molecule is CCOCCC(NN)C1CCOC2(CCOC2)C1. The van der Waals surface area contributed by atoms with Crippen molar-refractivity contribution in [3.05, 3.63) is 0 Å². The molecule has 5 nitrogen and oxygen atoms in total. The number of nitrogens with one attached hydrogen (secondary N) is 1. The maximum Gasteiger partial charge on any atom is 0.0939 e. The van der Waals surface area contributed by atoms with Gasteiger partial charge in [0.05, 0.1) is 12.2 Å². The minimum absolute atomic E-state index is 0.0381. The molecular formula is C13H26N2O3. The van der Waals surface area contributed by atoms with Crippen molar-refractivity contribution >= 4 is 0 Å². The summed E-state index contributed by atoms with van der Waals surface area (Å²) < 4.78 is 16.9. The van der Waals surface area contributed by atoms with Gasteiger partial charge >= 0.3 is 0 Å². The molecule has 3 N–H and O–H groups in total. The van der Waals surface area contributed by atoms with E-state index in [0.29, 0.717) is 12.0 Å². The van der Waals surface area contributed by atoms with E-state index in [1.807, 2.05) is 6.92 Å². The van der Waals surface area contributed by atoms with E-state index in [4.69, 9.17) is 20.1 Å². The molecule has 2 aliphatic rings. The Balaban J connectivity index is 1.85. The first-order valence-corrected chi connectivity index (χ1v) is 7.05. The summed E-state index contributed by atoms with van der Waals surface area (Å²) in [6, 6.07) is 0.318. The highest BCUT2D eigenvalue weighted by atomic mass is 16.6. The third-order valence-electron chi connectivity index (χ3n) is 4.16. The van der Waals surface area contributed by atoms with Crippen LogP contribution in [0.15, 0.2) is 0 Å². The number of hydrazine groups is 1. The first-order valence-electron chi connectivity index (χ1n) is 7.05. The first kappa shape index (κ1) is 14.2. The zero-order valence-corrected chi connectivity index (χ0v) is 11.3. The summed E-state index contributed by atoms with van der Waals surface area (Å²) >= 11 is 0. The molecule has 2 fully saturated rings. The van der Waals surface area contributed by atoms with E-state index in [9.17, 15) is 0 Å². The van der Waals surface area contributed by atoms with Gasteiger partial charge in [0.1, 0.15) is 0 Å². The molecule has 0 aromatic carbocycles. The molecule has 2 saturated heterocycles. The summed E-state index contributed by atoms with van der Waals surface area (Å²) in [6.45, 7) is 5.94. The third-order valence-corrected chi connectivity index (χ3v) is 4.16. The van der Waals surface area contributed by atoms with Crippen molar-refractivity contribution in [1.29, 1.82) is 0 Å². The quantitative estimate of drug-likeness (QED) is 0.420. The Hall–Kier alpha value is -0.200. The molecule has 0 aromatic rings. The van der Waals surface area contributed by atoms with Crippen LogP contribution in [0.5, 0.6) is 0 Å². The van der Waals surface area contributed by atoms with Crippen molar-refractivity contribution in [1.82, 2.24) is 5.43 Å². The Morgan fingerprint density at radius 2 is 2.39 bits per heavy atom. The lowest BCUT2D eigenvalue weighted by atomic mass is 9.80. The monoisotopic (exact) mass is 258 g/mol. The molecular weight excluding hydrogens is 232 g/mol. The average molecular weight is 258 g/mol. The fraction of sp³-hybridized carbons (Fsp3) is 1.00. The number of rotatable bonds is 6. The fourth-order valence-corrected chi connectivity index (χ4v) is 3.08. The predicted molar refractivity (Wildman–Crippen MR) is 69.1 cm³/mol. The van der Waals surface area contributed by atoms with Crippen LogP contribution in [0.25, 0.3) is 0 Å². The van der Waals surface area contributed by atoms with E-state index in [-0.39, 0.29) is 5.60 Å². The molecule has 18 heavy (non-hydrogen) atoms. The minimum Gasteiger partial charge on any atom is -0.382 e. The second-order valence-electron chi connectivity index (χ2n) is 5.35. The van der Waals surface area contributed by atoms with Crippen LogP contribution in [0, 0.1) is 5.92 Å². The van der Waals surface area contributed by atoms with Gasteiger partial charge in [-0.25, -0.2) is 0 Å². The predicted octanol–water partition coefficient (Wildman–Crippen LogP) is 0.831. The second kappa shape index (κ2) is 6.82. The van der Waals surface area contributed by atoms with Crippen LogP contribution in [0.1, 0.15) is 32.6 Å². The van der Waals surface area contributed by atoms with Crippen LogP contribution in [-0.4, -0.2) is 44.7 Å². The molecule has 3 unspecified atom stereocenters. The van der Waals surface area contributed by atoms with Crippen LogP contribution in [-0.2, 0) is 14.2 Å². The Bertz CT molecular complexity index is 244. The van der Waals surface area contributed by atoms with Crippen molar-refractivity contribution in [2.45, 2.75) is 44.2 Å². The van der Waals surface area contributed by atoms with Gasteiger partial charge in [0, 0.05) is 38.9 Å². The highest BCUT2D eigenvalue weighted by molar-refractivity contribution is 4.93. The van der Waals surface area contributed by atoms with Crippen molar-refractivity contribution < 1.29 is 14.2 Å². The maximum absolute atomic E-state index is 5.95. The lowest BCUT2D eigenvalue weighted by Crippen LogP contribution is -2.49. The van der Waals surface area contributed by atoms with E-state index in [1.165, 1.54) is 0 Å². The molecule has 2 rings (SSSR count). The molecule has 1 spiro atoms. The van der Waals surface area contributed by atoms with E-state index in [2.05, 4.69) is 5.43 Å². The van der Waals surface area contributed by atoms with E-state index < -0.39 is 0 Å². The Labute approximate surface area is 109 Å². The van der Waals surface area contributed by atoms with Crippen LogP contribution in [0.3, 0.4) is 0 Å². The Morgan fingerprint density at radius 1 is 1.50 bits per heavy atom. The zero-order chi connectivity index (χ0) is 12.8. The van der Waals surface area contributed by atoms with Gasteiger partial charge in [-0.05, 0) is 32.1 Å². The standard InChI is InChI=1S/C13H26N2O3/c1-2-16-6-4-12(15-14)11-3-7-18-13(9-11)5-8-17-10-13/h11-12,15H,2-10,14H2,1H3. The van der Waals surface area contributed by atoms with Crippen molar-refractivity contribution in [3.8, 4) is 0 Å². The third kappa shape index (κ3) is 3.42.